The Morgan fingerprint density at radius 1 is 1.18 bits per heavy atom. The average molecular weight is 463 g/mol. The Labute approximate surface area is 201 Å². The van der Waals surface area contributed by atoms with E-state index in [9.17, 15) is 4.79 Å². The first-order valence-electron chi connectivity index (χ1n) is 12.1. The molecule has 7 nitrogen and oxygen atoms in total. The second-order valence-corrected chi connectivity index (χ2v) is 9.42. The SMILES string of the molecule is COc1ccc(C(CC(C)C)NC(=O)C2CCCN(Cc3nc(-c4ccccc4)no3)C2)cc1. The van der Waals surface area contributed by atoms with Gasteiger partial charge in [0.05, 0.1) is 25.6 Å². The summed E-state index contributed by atoms with van der Waals surface area (Å²) in [6.45, 7) is 6.52. The van der Waals surface area contributed by atoms with Crippen LogP contribution < -0.4 is 10.1 Å². The molecular formula is C27H34N4O3. The number of methoxy groups -OCH3 is 1. The second kappa shape index (κ2) is 11.3. The Kier molecular flexibility index (Phi) is 7.95. The summed E-state index contributed by atoms with van der Waals surface area (Å²) in [4.78, 5) is 20.0. The zero-order valence-electron chi connectivity index (χ0n) is 20.2. The number of carbonyl (C=O) groups is 1. The van der Waals surface area contributed by atoms with Crippen LogP contribution in [0.1, 0.15) is 50.6 Å². The molecule has 2 heterocycles. The fourth-order valence-corrected chi connectivity index (χ4v) is 4.50. The minimum atomic E-state index is -0.0572. The molecule has 0 radical (unpaired) electrons. The number of ether oxygens (including phenoxy) is 1. The van der Waals surface area contributed by atoms with E-state index in [1.807, 2.05) is 54.6 Å². The summed E-state index contributed by atoms with van der Waals surface area (Å²) in [6.07, 6.45) is 2.74. The van der Waals surface area contributed by atoms with Gasteiger partial charge in [-0.3, -0.25) is 9.69 Å². The van der Waals surface area contributed by atoms with Gasteiger partial charge >= 0.3 is 0 Å². The summed E-state index contributed by atoms with van der Waals surface area (Å²) < 4.78 is 10.8. The van der Waals surface area contributed by atoms with Gasteiger partial charge in [-0.2, -0.15) is 4.98 Å². The monoisotopic (exact) mass is 462 g/mol. The lowest BCUT2D eigenvalue weighted by Gasteiger charge is -2.32. The zero-order chi connectivity index (χ0) is 23.9. The number of piperidine rings is 1. The second-order valence-electron chi connectivity index (χ2n) is 9.42. The number of likely N-dealkylation sites (tertiary alicyclic amines) is 1. The Hall–Kier alpha value is -3.19. The van der Waals surface area contributed by atoms with Gasteiger partial charge in [-0.25, -0.2) is 0 Å². The molecule has 0 aliphatic carbocycles. The van der Waals surface area contributed by atoms with E-state index in [1.54, 1.807) is 7.11 Å². The maximum Gasteiger partial charge on any atom is 0.241 e. The van der Waals surface area contributed by atoms with E-state index in [4.69, 9.17) is 9.26 Å². The van der Waals surface area contributed by atoms with Crippen molar-refractivity contribution < 1.29 is 14.1 Å². The molecule has 34 heavy (non-hydrogen) atoms. The molecule has 2 atom stereocenters. The van der Waals surface area contributed by atoms with Crippen molar-refractivity contribution in [2.45, 2.75) is 45.7 Å². The first kappa shape index (κ1) is 24.0. The maximum absolute atomic E-state index is 13.3. The van der Waals surface area contributed by atoms with Crippen molar-refractivity contribution in [3.63, 3.8) is 0 Å². The van der Waals surface area contributed by atoms with Crippen LogP contribution in [0.2, 0.25) is 0 Å². The summed E-state index contributed by atoms with van der Waals surface area (Å²) in [6, 6.07) is 17.8. The van der Waals surface area contributed by atoms with Gasteiger partial charge in [-0.15, -0.1) is 0 Å². The highest BCUT2D eigenvalue weighted by Gasteiger charge is 2.29. The number of amides is 1. The third-order valence-electron chi connectivity index (χ3n) is 6.28. The molecule has 0 bridgehead atoms. The fourth-order valence-electron chi connectivity index (χ4n) is 4.50. The molecule has 4 rings (SSSR count). The van der Waals surface area contributed by atoms with Gasteiger partial charge in [0, 0.05) is 12.1 Å². The predicted molar refractivity (Wildman–Crippen MR) is 131 cm³/mol. The number of benzene rings is 2. The third-order valence-corrected chi connectivity index (χ3v) is 6.28. The number of hydrogen-bond donors (Lipinski definition) is 1. The molecule has 1 N–H and O–H groups in total. The Balaban J connectivity index is 1.37. The van der Waals surface area contributed by atoms with Crippen LogP contribution in [0.4, 0.5) is 0 Å². The molecule has 1 aromatic heterocycles. The number of nitrogens with zero attached hydrogens (tertiary/aromatic N) is 3. The standard InChI is InChI=1S/C27H34N4O3/c1-19(2)16-24(20-11-13-23(33-3)14-12-20)28-27(32)22-10-7-15-31(17-22)18-25-29-26(30-34-25)21-8-5-4-6-9-21/h4-6,8-9,11-14,19,22,24H,7,10,15-18H2,1-3H3,(H,28,32). The van der Waals surface area contributed by atoms with Crippen LogP contribution in [0.5, 0.6) is 5.75 Å². The normalized spacial score (nSPS) is 17.5. The molecule has 3 aromatic rings. The minimum absolute atomic E-state index is 0.0156. The molecule has 1 aliphatic heterocycles. The zero-order valence-corrected chi connectivity index (χ0v) is 20.2. The number of aromatic nitrogens is 2. The van der Waals surface area contributed by atoms with Crippen LogP contribution in [-0.2, 0) is 11.3 Å². The van der Waals surface area contributed by atoms with E-state index >= 15 is 0 Å². The van der Waals surface area contributed by atoms with E-state index < -0.39 is 0 Å². The molecule has 1 fully saturated rings. The van der Waals surface area contributed by atoms with Gasteiger partial charge in [-0.05, 0) is 49.4 Å². The lowest BCUT2D eigenvalue weighted by molar-refractivity contribution is -0.127. The van der Waals surface area contributed by atoms with E-state index in [0.717, 1.165) is 42.7 Å². The Bertz CT molecular complexity index is 1050. The van der Waals surface area contributed by atoms with Crippen LogP contribution in [0.25, 0.3) is 11.4 Å². The molecule has 0 spiro atoms. The molecule has 1 saturated heterocycles. The van der Waals surface area contributed by atoms with Gasteiger partial charge in [0.15, 0.2) is 0 Å². The average Bonchev–Trinajstić information content (AvgIpc) is 3.32. The summed E-state index contributed by atoms with van der Waals surface area (Å²) in [5.41, 5.74) is 2.04. The molecule has 0 saturated carbocycles. The van der Waals surface area contributed by atoms with E-state index in [0.29, 0.717) is 30.7 Å². The van der Waals surface area contributed by atoms with Gasteiger partial charge < -0.3 is 14.6 Å². The van der Waals surface area contributed by atoms with Crippen LogP contribution >= 0.6 is 0 Å². The summed E-state index contributed by atoms with van der Waals surface area (Å²) in [5.74, 6) is 2.51. The van der Waals surface area contributed by atoms with Crippen molar-refractivity contribution in [1.82, 2.24) is 20.4 Å². The lowest BCUT2D eigenvalue weighted by atomic mass is 9.93. The highest BCUT2D eigenvalue weighted by molar-refractivity contribution is 5.79. The predicted octanol–water partition coefficient (Wildman–Crippen LogP) is 4.86. The summed E-state index contributed by atoms with van der Waals surface area (Å²) >= 11 is 0. The Morgan fingerprint density at radius 2 is 1.94 bits per heavy atom. The smallest absolute Gasteiger partial charge is 0.241 e. The summed E-state index contributed by atoms with van der Waals surface area (Å²) in [7, 11) is 1.66. The number of nitrogens with one attached hydrogen (secondary N) is 1. The summed E-state index contributed by atoms with van der Waals surface area (Å²) in [5, 5.41) is 7.44. The van der Waals surface area contributed by atoms with E-state index in [1.165, 1.54) is 0 Å². The van der Waals surface area contributed by atoms with Crippen molar-refractivity contribution >= 4 is 5.91 Å². The van der Waals surface area contributed by atoms with Crippen LogP contribution in [0, 0.1) is 11.8 Å². The molecule has 1 aliphatic rings. The molecule has 2 unspecified atom stereocenters. The molecule has 1 amide bonds. The quantitative estimate of drug-likeness (QED) is 0.489. The number of hydrogen-bond acceptors (Lipinski definition) is 6. The Morgan fingerprint density at radius 3 is 2.65 bits per heavy atom. The van der Waals surface area contributed by atoms with Crippen molar-refractivity contribution in [1.29, 1.82) is 0 Å². The minimum Gasteiger partial charge on any atom is -0.497 e. The van der Waals surface area contributed by atoms with Gasteiger partial charge in [-0.1, -0.05) is 61.5 Å². The van der Waals surface area contributed by atoms with E-state index in [2.05, 4.69) is 34.2 Å². The molecule has 180 valence electrons. The number of rotatable bonds is 9. The number of carbonyl (C=O) groups excluding carboxylic acids is 1. The van der Waals surface area contributed by atoms with Crippen LogP contribution in [-0.4, -0.2) is 41.1 Å². The highest BCUT2D eigenvalue weighted by atomic mass is 16.5. The van der Waals surface area contributed by atoms with Gasteiger partial charge in [0.1, 0.15) is 5.75 Å². The van der Waals surface area contributed by atoms with Crippen LogP contribution in [0.15, 0.2) is 59.1 Å². The van der Waals surface area contributed by atoms with Crippen molar-refractivity contribution in [3.05, 3.63) is 66.1 Å². The first-order valence-corrected chi connectivity index (χ1v) is 12.1. The molecule has 7 heteroatoms. The van der Waals surface area contributed by atoms with Crippen LogP contribution in [0.3, 0.4) is 0 Å². The lowest BCUT2D eigenvalue weighted by Crippen LogP contribution is -2.43. The van der Waals surface area contributed by atoms with Gasteiger partial charge in [0.25, 0.3) is 0 Å². The topological polar surface area (TPSA) is 80.5 Å². The van der Waals surface area contributed by atoms with Crippen molar-refractivity contribution in [2.75, 3.05) is 20.2 Å². The molecule has 2 aromatic carbocycles. The van der Waals surface area contributed by atoms with E-state index in [-0.39, 0.29) is 17.9 Å². The molecular weight excluding hydrogens is 428 g/mol. The fraction of sp³-hybridized carbons (Fsp3) is 0.444. The van der Waals surface area contributed by atoms with Gasteiger partial charge in [0.2, 0.25) is 17.6 Å². The van der Waals surface area contributed by atoms with Crippen molar-refractivity contribution in [2.24, 2.45) is 11.8 Å². The first-order chi connectivity index (χ1) is 16.5. The largest absolute Gasteiger partial charge is 0.497 e. The maximum atomic E-state index is 13.3. The highest BCUT2D eigenvalue weighted by Crippen LogP contribution is 2.26. The third kappa shape index (κ3) is 6.23. The van der Waals surface area contributed by atoms with Crippen molar-refractivity contribution in [3.8, 4) is 17.1 Å².